The Kier molecular flexibility index (Phi) is 2.56. The van der Waals surface area contributed by atoms with E-state index in [9.17, 15) is 13.2 Å². The molecule has 0 saturated carbocycles. The van der Waals surface area contributed by atoms with Gasteiger partial charge < -0.3 is 21.0 Å². The van der Waals surface area contributed by atoms with Gasteiger partial charge in [0.25, 0.3) is 0 Å². The zero-order chi connectivity index (χ0) is 12.6. The van der Waals surface area contributed by atoms with Crippen LogP contribution in [0.2, 0.25) is 0 Å². The van der Waals surface area contributed by atoms with Crippen molar-refractivity contribution in [3.8, 4) is 0 Å². The van der Waals surface area contributed by atoms with Crippen molar-refractivity contribution in [1.82, 2.24) is 19.7 Å². The first-order valence-electron chi connectivity index (χ1n) is 4.71. The molecule has 0 bridgehead atoms. The van der Waals surface area contributed by atoms with Gasteiger partial charge in [0.05, 0.1) is 6.54 Å². The van der Waals surface area contributed by atoms with Gasteiger partial charge in [0.2, 0.25) is 11.8 Å². The van der Waals surface area contributed by atoms with Crippen LogP contribution in [0.1, 0.15) is 11.6 Å². The van der Waals surface area contributed by atoms with Gasteiger partial charge in [-0.1, -0.05) is 0 Å². The van der Waals surface area contributed by atoms with E-state index in [-0.39, 0.29) is 31.4 Å². The average molecular weight is 249 g/mol. The Morgan fingerprint density at radius 1 is 1.29 bits per heavy atom. The van der Waals surface area contributed by atoms with Crippen LogP contribution in [0.25, 0.3) is 0 Å². The minimum Gasteiger partial charge on any atom is -0.368 e. The minimum atomic E-state index is -4.50. The highest BCUT2D eigenvalue weighted by Crippen LogP contribution is 2.29. The van der Waals surface area contributed by atoms with Crippen LogP contribution in [0.15, 0.2) is 5.10 Å². The molecule has 1 aliphatic heterocycles. The SMILES string of the molecule is NN=C(N)N1CCn2c(nnc2C(F)(F)F)C1. The van der Waals surface area contributed by atoms with Crippen LogP contribution in [-0.2, 0) is 19.3 Å². The van der Waals surface area contributed by atoms with E-state index in [0.29, 0.717) is 0 Å². The van der Waals surface area contributed by atoms with E-state index in [0.717, 1.165) is 4.57 Å². The van der Waals surface area contributed by atoms with E-state index in [1.807, 2.05) is 0 Å². The van der Waals surface area contributed by atoms with Gasteiger partial charge in [-0.2, -0.15) is 13.2 Å². The Morgan fingerprint density at radius 2 is 2.00 bits per heavy atom. The first kappa shape index (κ1) is 11.5. The molecule has 1 aromatic heterocycles. The predicted molar refractivity (Wildman–Crippen MR) is 51.2 cm³/mol. The van der Waals surface area contributed by atoms with E-state index >= 15 is 0 Å². The molecule has 0 fully saturated rings. The van der Waals surface area contributed by atoms with Gasteiger partial charge in [0.1, 0.15) is 0 Å². The first-order valence-corrected chi connectivity index (χ1v) is 4.71. The monoisotopic (exact) mass is 249 g/mol. The molecule has 1 aromatic rings. The van der Waals surface area contributed by atoms with Crippen LogP contribution >= 0.6 is 0 Å². The third-order valence-corrected chi connectivity index (χ3v) is 2.46. The summed E-state index contributed by atoms with van der Waals surface area (Å²) in [6, 6.07) is 0. The lowest BCUT2D eigenvalue weighted by Crippen LogP contribution is -2.43. The van der Waals surface area contributed by atoms with Gasteiger partial charge in [-0.25, -0.2) is 0 Å². The number of hydrazone groups is 1. The van der Waals surface area contributed by atoms with Gasteiger partial charge in [-0.05, 0) is 0 Å². The highest BCUT2D eigenvalue weighted by molar-refractivity contribution is 5.77. The molecule has 1 aliphatic rings. The number of nitrogens with two attached hydrogens (primary N) is 2. The number of nitrogens with zero attached hydrogens (tertiary/aromatic N) is 5. The van der Waals surface area contributed by atoms with Crippen LogP contribution in [-0.4, -0.2) is 32.2 Å². The van der Waals surface area contributed by atoms with Crippen LogP contribution in [0.5, 0.6) is 0 Å². The summed E-state index contributed by atoms with van der Waals surface area (Å²) in [5, 5.41) is 9.91. The Morgan fingerprint density at radius 3 is 2.59 bits per heavy atom. The van der Waals surface area contributed by atoms with Crippen molar-refractivity contribution in [1.29, 1.82) is 0 Å². The summed E-state index contributed by atoms with van der Waals surface area (Å²) in [6.45, 7) is 0.476. The third kappa shape index (κ3) is 1.97. The molecule has 7 nitrogen and oxygen atoms in total. The summed E-state index contributed by atoms with van der Waals surface area (Å²) in [7, 11) is 0. The van der Waals surface area contributed by atoms with Crippen LogP contribution in [0.3, 0.4) is 0 Å². The summed E-state index contributed by atoms with van der Waals surface area (Å²) in [6.07, 6.45) is -4.50. The quantitative estimate of drug-likeness (QED) is 0.274. The maximum Gasteiger partial charge on any atom is 0.451 e. The number of guanidine groups is 1. The number of rotatable bonds is 0. The van der Waals surface area contributed by atoms with Gasteiger partial charge in [-0.3, -0.25) is 0 Å². The molecule has 94 valence electrons. The van der Waals surface area contributed by atoms with Crippen LogP contribution in [0, 0.1) is 0 Å². The van der Waals surface area contributed by atoms with Gasteiger partial charge >= 0.3 is 6.18 Å². The summed E-state index contributed by atoms with van der Waals surface area (Å²) < 4.78 is 38.6. The molecule has 4 N–H and O–H groups in total. The molecule has 0 atom stereocenters. The largest absolute Gasteiger partial charge is 0.451 e. The summed E-state index contributed by atoms with van der Waals surface area (Å²) in [4.78, 5) is 1.53. The van der Waals surface area contributed by atoms with Gasteiger partial charge in [0, 0.05) is 13.1 Å². The molecule has 2 heterocycles. The van der Waals surface area contributed by atoms with Crippen molar-refractivity contribution >= 4 is 5.96 Å². The minimum absolute atomic E-state index is 0.0628. The fourth-order valence-corrected chi connectivity index (χ4v) is 1.64. The molecule has 0 amide bonds. The van der Waals surface area contributed by atoms with Gasteiger partial charge in [-0.15, -0.1) is 15.3 Å². The lowest BCUT2D eigenvalue weighted by atomic mass is 10.3. The number of halogens is 3. The molecule has 0 unspecified atom stereocenters. The lowest BCUT2D eigenvalue weighted by Gasteiger charge is -2.28. The van der Waals surface area contributed by atoms with Crippen molar-refractivity contribution in [2.45, 2.75) is 19.3 Å². The molecule has 0 radical (unpaired) electrons. The number of alkyl halides is 3. The normalized spacial score (nSPS) is 17.1. The summed E-state index contributed by atoms with van der Waals surface area (Å²) >= 11 is 0. The summed E-state index contributed by atoms with van der Waals surface area (Å²) in [5.74, 6) is 4.26. The van der Waals surface area contributed by atoms with E-state index in [1.54, 1.807) is 0 Å². The molecule has 0 spiro atoms. The Hall–Kier alpha value is -2.00. The third-order valence-electron chi connectivity index (χ3n) is 2.46. The second-order valence-electron chi connectivity index (χ2n) is 3.50. The topological polar surface area (TPSA) is 98.3 Å². The van der Waals surface area contributed by atoms with Crippen molar-refractivity contribution < 1.29 is 13.2 Å². The van der Waals surface area contributed by atoms with E-state index in [1.165, 1.54) is 4.90 Å². The molecule has 0 aromatic carbocycles. The molecule has 10 heteroatoms. The molecule has 2 rings (SSSR count). The van der Waals surface area contributed by atoms with Gasteiger partial charge in [0.15, 0.2) is 5.82 Å². The van der Waals surface area contributed by atoms with Crippen molar-refractivity contribution in [2.24, 2.45) is 16.7 Å². The number of aromatic nitrogens is 3. The highest BCUT2D eigenvalue weighted by Gasteiger charge is 2.39. The van der Waals surface area contributed by atoms with Crippen molar-refractivity contribution in [2.75, 3.05) is 6.54 Å². The fraction of sp³-hybridized carbons (Fsp3) is 0.571. The predicted octanol–water partition coefficient (Wildman–Crippen LogP) is -0.699. The van der Waals surface area contributed by atoms with E-state index in [2.05, 4.69) is 15.3 Å². The summed E-state index contributed by atoms with van der Waals surface area (Å²) in [5.41, 5.74) is 5.47. The molecule has 0 saturated heterocycles. The van der Waals surface area contributed by atoms with Crippen molar-refractivity contribution in [3.63, 3.8) is 0 Å². The average Bonchev–Trinajstić information content (AvgIpc) is 2.70. The fourth-order valence-electron chi connectivity index (χ4n) is 1.64. The van der Waals surface area contributed by atoms with E-state index in [4.69, 9.17) is 11.6 Å². The first-order chi connectivity index (χ1) is 7.93. The zero-order valence-corrected chi connectivity index (χ0v) is 8.65. The Labute approximate surface area is 93.9 Å². The maximum absolute atomic E-state index is 12.5. The smallest absolute Gasteiger partial charge is 0.368 e. The zero-order valence-electron chi connectivity index (χ0n) is 8.65. The molecular formula is C7H10F3N7. The van der Waals surface area contributed by atoms with Crippen LogP contribution in [0.4, 0.5) is 13.2 Å². The number of hydrogen-bond acceptors (Lipinski definition) is 4. The highest BCUT2D eigenvalue weighted by atomic mass is 19.4. The second kappa shape index (κ2) is 3.79. The van der Waals surface area contributed by atoms with E-state index < -0.39 is 12.0 Å². The lowest BCUT2D eigenvalue weighted by molar-refractivity contribution is -0.147. The Balaban J connectivity index is 2.28. The molecule has 17 heavy (non-hydrogen) atoms. The molecule has 0 aliphatic carbocycles. The second-order valence-corrected chi connectivity index (χ2v) is 3.50. The number of hydrogen-bond donors (Lipinski definition) is 2. The maximum atomic E-state index is 12.5. The molecular weight excluding hydrogens is 239 g/mol. The Bertz CT molecular complexity index is 449. The standard InChI is InChI=1S/C7H10F3N7/c8-7(9,10)5-15-14-4-3-16(6(11)13-12)1-2-17(4)5/h1-3,12H2,(H2,11,13). The number of fused-ring (bicyclic) bond motifs is 1. The van der Waals surface area contributed by atoms with Crippen molar-refractivity contribution in [3.05, 3.63) is 11.6 Å². The van der Waals surface area contributed by atoms with Crippen LogP contribution < -0.4 is 11.6 Å².